The third-order valence-electron chi connectivity index (χ3n) is 3.23. The van der Waals surface area contributed by atoms with E-state index >= 15 is 0 Å². The fourth-order valence-electron chi connectivity index (χ4n) is 2.13. The lowest BCUT2D eigenvalue weighted by atomic mass is 10.2. The van der Waals surface area contributed by atoms with Crippen molar-refractivity contribution < 1.29 is 9.90 Å². The molecule has 0 saturated carbocycles. The van der Waals surface area contributed by atoms with Gasteiger partial charge in [-0.2, -0.15) is 0 Å². The Bertz CT molecular complexity index is 889. The number of halogens is 1. The van der Waals surface area contributed by atoms with Gasteiger partial charge < -0.3 is 15.4 Å². The number of para-hydroxylation sites is 2. The molecule has 1 heterocycles. The van der Waals surface area contributed by atoms with Gasteiger partial charge in [-0.1, -0.05) is 41.9 Å². The number of carbonyl (C=O) groups is 1. The van der Waals surface area contributed by atoms with Crippen LogP contribution in [0.1, 0.15) is 0 Å². The molecule has 3 N–H and O–H groups in total. The van der Waals surface area contributed by atoms with Crippen molar-refractivity contribution in [1.29, 1.82) is 0 Å². The molecule has 0 spiro atoms. The van der Waals surface area contributed by atoms with Gasteiger partial charge in [0.25, 0.3) is 5.91 Å². The third kappa shape index (κ3) is 3.32. The molecule has 3 aromatic rings. The topological polar surface area (TPSA) is 89.8 Å². The van der Waals surface area contributed by atoms with Gasteiger partial charge in [-0.05, 0) is 18.2 Å². The van der Waals surface area contributed by atoms with Gasteiger partial charge in [-0.3, -0.25) is 4.79 Å². The highest BCUT2D eigenvalue weighted by Gasteiger charge is 2.10. The molecule has 1 aromatic heterocycles. The van der Waals surface area contributed by atoms with Crippen LogP contribution in [0.15, 0.2) is 58.8 Å². The minimum absolute atomic E-state index is 0.0453. The van der Waals surface area contributed by atoms with Gasteiger partial charge in [-0.15, -0.1) is 10.2 Å². The number of carbonyl (C=O) groups excluding carboxylic acids is 1. The number of aromatic hydroxyl groups is 1. The van der Waals surface area contributed by atoms with E-state index in [0.29, 0.717) is 16.1 Å². The number of hydrogen-bond acceptors (Lipinski definition) is 4. The van der Waals surface area contributed by atoms with Crippen LogP contribution < -0.4 is 5.32 Å². The van der Waals surface area contributed by atoms with E-state index in [2.05, 4.69) is 20.5 Å². The molecule has 116 valence electrons. The zero-order valence-corrected chi connectivity index (χ0v) is 12.7. The van der Waals surface area contributed by atoms with Crippen LogP contribution >= 0.6 is 11.6 Å². The summed E-state index contributed by atoms with van der Waals surface area (Å²) >= 11 is 5.99. The van der Waals surface area contributed by atoms with Crippen molar-refractivity contribution in [3.63, 3.8) is 0 Å². The van der Waals surface area contributed by atoms with Crippen LogP contribution in [-0.4, -0.2) is 22.5 Å². The minimum atomic E-state index is -0.477. The van der Waals surface area contributed by atoms with Crippen LogP contribution in [0.4, 0.5) is 11.4 Å². The second kappa shape index (κ2) is 6.50. The van der Waals surface area contributed by atoms with Crippen LogP contribution in [0.3, 0.4) is 0 Å². The van der Waals surface area contributed by atoms with E-state index in [9.17, 15) is 9.90 Å². The number of benzene rings is 2. The van der Waals surface area contributed by atoms with Crippen molar-refractivity contribution in [2.45, 2.75) is 0 Å². The number of anilines is 1. The van der Waals surface area contributed by atoms with Crippen LogP contribution in [0, 0.1) is 0 Å². The van der Waals surface area contributed by atoms with Crippen LogP contribution in [0.5, 0.6) is 5.88 Å². The zero-order valence-electron chi connectivity index (χ0n) is 12.0. The Morgan fingerprint density at radius 3 is 2.74 bits per heavy atom. The maximum Gasteiger partial charge on any atom is 0.283 e. The number of fused-ring (bicyclic) bond motifs is 1. The second-order valence-electron chi connectivity index (χ2n) is 4.79. The quantitative estimate of drug-likeness (QED) is 0.625. The fourth-order valence-corrected chi connectivity index (χ4v) is 2.33. The Kier molecular flexibility index (Phi) is 4.25. The summed E-state index contributed by atoms with van der Waals surface area (Å²) in [5, 5.41) is 21.4. The highest BCUT2D eigenvalue weighted by Crippen LogP contribution is 2.35. The maximum absolute atomic E-state index is 11.8. The molecule has 0 aliphatic heterocycles. The fraction of sp³-hybridized carbons (Fsp3) is 0.0625. The Balaban J connectivity index is 1.71. The summed E-state index contributed by atoms with van der Waals surface area (Å²) in [6, 6.07) is 14.3. The first-order valence-electron chi connectivity index (χ1n) is 6.88. The molecule has 0 bridgehead atoms. The second-order valence-corrected chi connectivity index (χ2v) is 5.20. The lowest BCUT2D eigenvalue weighted by Gasteiger charge is -2.04. The van der Waals surface area contributed by atoms with Crippen LogP contribution in [0.2, 0.25) is 5.02 Å². The van der Waals surface area contributed by atoms with Crippen molar-refractivity contribution in [3.05, 3.63) is 53.6 Å². The summed E-state index contributed by atoms with van der Waals surface area (Å²) in [4.78, 5) is 14.6. The molecule has 1 amide bonds. The summed E-state index contributed by atoms with van der Waals surface area (Å²) < 4.78 is 0. The summed E-state index contributed by atoms with van der Waals surface area (Å²) in [5.74, 6) is -0.601. The molecule has 7 heteroatoms. The summed E-state index contributed by atoms with van der Waals surface area (Å²) in [6.07, 6.45) is 0. The molecule has 0 saturated heterocycles. The number of aromatic nitrogens is 1. The smallest absolute Gasteiger partial charge is 0.283 e. The normalized spacial score (nSPS) is 11.2. The molecule has 3 rings (SSSR count). The molecule has 0 aliphatic carbocycles. The number of H-pyrrole nitrogens is 1. The van der Waals surface area contributed by atoms with Crippen LogP contribution in [-0.2, 0) is 4.79 Å². The third-order valence-corrected chi connectivity index (χ3v) is 3.55. The average Bonchev–Trinajstić information content (AvgIpc) is 2.87. The molecule has 6 nitrogen and oxygen atoms in total. The highest BCUT2D eigenvalue weighted by atomic mass is 35.5. The largest absolute Gasteiger partial charge is 0.493 e. The lowest BCUT2D eigenvalue weighted by molar-refractivity contribution is -0.116. The van der Waals surface area contributed by atoms with Gasteiger partial charge in [0.15, 0.2) is 5.69 Å². The molecule has 0 radical (unpaired) electrons. The molecule has 2 aromatic carbocycles. The van der Waals surface area contributed by atoms with E-state index in [-0.39, 0.29) is 18.1 Å². The first-order valence-corrected chi connectivity index (χ1v) is 7.25. The Morgan fingerprint density at radius 1 is 1.17 bits per heavy atom. The van der Waals surface area contributed by atoms with Crippen molar-refractivity contribution in [2.75, 3.05) is 11.9 Å². The highest BCUT2D eigenvalue weighted by molar-refractivity contribution is 6.33. The number of rotatable bonds is 4. The zero-order chi connectivity index (χ0) is 16.2. The average molecular weight is 329 g/mol. The van der Waals surface area contributed by atoms with Crippen molar-refractivity contribution in [2.24, 2.45) is 10.2 Å². The number of nitrogens with zero attached hydrogens (tertiary/aromatic N) is 2. The van der Waals surface area contributed by atoms with Gasteiger partial charge in [0, 0.05) is 5.39 Å². The molecular formula is C16H13ClN4O2. The molecular weight excluding hydrogens is 316 g/mol. The van der Waals surface area contributed by atoms with Gasteiger partial charge in [0.05, 0.1) is 22.8 Å². The maximum atomic E-state index is 11.8. The Hall–Kier alpha value is -2.86. The molecule has 0 atom stereocenters. The molecule has 0 aliphatic rings. The number of nitrogens with one attached hydrogen (secondary N) is 2. The predicted octanol–water partition coefficient (Wildman–Crippen LogP) is 4.25. The predicted molar refractivity (Wildman–Crippen MR) is 89.4 cm³/mol. The standard InChI is InChI=1S/C16H13ClN4O2/c17-11-6-2-4-8-13(11)18-9-14(22)20-21-15-10-5-1-3-7-12(10)19-16(15)23/h1-8,18-19,23H,9H2. The first-order chi connectivity index (χ1) is 11.1. The number of amides is 1. The van der Waals surface area contributed by atoms with Crippen LogP contribution in [0.25, 0.3) is 10.9 Å². The summed E-state index contributed by atoms with van der Waals surface area (Å²) in [7, 11) is 0. The van der Waals surface area contributed by atoms with Gasteiger partial charge in [-0.25, -0.2) is 0 Å². The summed E-state index contributed by atoms with van der Waals surface area (Å²) in [6.45, 7) is -0.0453. The van der Waals surface area contributed by atoms with Crippen molar-refractivity contribution in [3.8, 4) is 5.88 Å². The Labute approximate surface area is 136 Å². The number of hydrogen-bond donors (Lipinski definition) is 3. The first kappa shape index (κ1) is 15.1. The Morgan fingerprint density at radius 2 is 1.91 bits per heavy atom. The number of aromatic amines is 1. The van der Waals surface area contributed by atoms with Gasteiger partial charge >= 0.3 is 0 Å². The summed E-state index contributed by atoms with van der Waals surface area (Å²) in [5.41, 5.74) is 1.61. The van der Waals surface area contributed by atoms with E-state index in [1.807, 2.05) is 18.2 Å². The lowest BCUT2D eigenvalue weighted by Crippen LogP contribution is -2.11. The van der Waals surface area contributed by atoms with E-state index in [4.69, 9.17) is 11.6 Å². The van der Waals surface area contributed by atoms with Gasteiger partial charge in [0.2, 0.25) is 5.88 Å². The molecule has 0 unspecified atom stereocenters. The van der Waals surface area contributed by atoms with E-state index < -0.39 is 5.91 Å². The van der Waals surface area contributed by atoms with E-state index in [0.717, 1.165) is 5.52 Å². The SMILES string of the molecule is O=C(CNc1ccccc1Cl)N=Nc1c(O)[nH]c2ccccc12. The van der Waals surface area contributed by atoms with Gasteiger partial charge in [0.1, 0.15) is 0 Å². The molecule has 0 fully saturated rings. The van der Waals surface area contributed by atoms with Crippen molar-refractivity contribution in [1.82, 2.24) is 4.98 Å². The van der Waals surface area contributed by atoms with Crippen molar-refractivity contribution >= 4 is 39.8 Å². The molecule has 23 heavy (non-hydrogen) atoms. The monoisotopic (exact) mass is 328 g/mol. The van der Waals surface area contributed by atoms with E-state index in [1.54, 1.807) is 30.3 Å². The minimum Gasteiger partial charge on any atom is -0.493 e. The number of azo groups is 1. The van der Waals surface area contributed by atoms with E-state index in [1.165, 1.54) is 0 Å².